The number of likely N-dealkylation sites (tertiary alicyclic amines) is 1. The highest BCUT2D eigenvalue weighted by Crippen LogP contribution is 2.38. The van der Waals surface area contributed by atoms with Gasteiger partial charge >= 0.3 is 6.03 Å². The number of hydrogen-bond acceptors (Lipinski definition) is 7. The van der Waals surface area contributed by atoms with Crippen LogP contribution in [-0.2, 0) is 13.0 Å². The summed E-state index contributed by atoms with van der Waals surface area (Å²) in [6.07, 6.45) is 6.22. The summed E-state index contributed by atoms with van der Waals surface area (Å²) in [6, 6.07) is 15.9. The van der Waals surface area contributed by atoms with Crippen molar-refractivity contribution in [2.75, 3.05) is 44.2 Å². The predicted octanol–water partition coefficient (Wildman–Crippen LogP) is 6.18. The summed E-state index contributed by atoms with van der Waals surface area (Å²) in [5.74, 6) is 3.66. The van der Waals surface area contributed by atoms with Crippen molar-refractivity contribution < 1.29 is 14.3 Å². The van der Waals surface area contributed by atoms with Crippen LogP contribution in [0.2, 0.25) is 0 Å². The molecule has 2 aliphatic rings. The van der Waals surface area contributed by atoms with E-state index < -0.39 is 0 Å². The van der Waals surface area contributed by atoms with Gasteiger partial charge in [-0.05, 0) is 93.2 Å². The molecule has 0 radical (unpaired) electrons. The van der Waals surface area contributed by atoms with Gasteiger partial charge in [-0.1, -0.05) is 30.3 Å². The Labute approximate surface area is 253 Å². The number of ether oxygens (including phenoxy) is 2. The van der Waals surface area contributed by atoms with Gasteiger partial charge in [-0.3, -0.25) is 4.90 Å². The Morgan fingerprint density at radius 2 is 1.70 bits per heavy atom. The van der Waals surface area contributed by atoms with Crippen LogP contribution in [0.15, 0.2) is 60.9 Å². The molecule has 0 aliphatic carbocycles. The second kappa shape index (κ2) is 12.0. The maximum absolute atomic E-state index is 14.2. The molecule has 0 bridgehead atoms. The highest BCUT2D eigenvalue weighted by atomic mass is 16.5. The quantitative estimate of drug-likeness (QED) is 0.259. The Balaban J connectivity index is 1.35. The highest BCUT2D eigenvalue weighted by molar-refractivity contribution is 6.10. The molecule has 2 amide bonds. The van der Waals surface area contributed by atoms with Crippen LogP contribution in [0.4, 0.5) is 22.1 Å². The van der Waals surface area contributed by atoms with E-state index >= 15 is 0 Å². The molecule has 0 saturated carbocycles. The van der Waals surface area contributed by atoms with Gasteiger partial charge in [0, 0.05) is 18.2 Å². The number of carbonyl (C=O) groups excluding carboxylic acids is 1. The number of aryl methyl sites for hydroxylation is 2. The van der Waals surface area contributed by atoms with Crippen molar-refractivity contribution in [3.8, 4) is 11.5 Å². The monoisotopic (exact) mass is 578 g/mol. The molecule has 1 fully saturated rings. The van der Waals surface area contributed by atoms with Gasteiger partial charge in [0.25, 0.3) is 0 Å². The average Bonchev–Trinajstić information content (AvgIpc) is 3.02. The minimum Gasteiger partial charge on any atom is -0.496 e. The van der Waals surface area contributed by atoms with Crippen molar-refractivity contribution in [2.24, 2.45) is 0 Å². The maximum atomic E-state index is 14.2. The molecule has 2 aromatic carbocycles. The zero-order valence-electron chi connectivity index (χ0n) is 25.5. The Bertz CT molecular complexity index is 1610. The molecule has 4 heterocycles. The van der Waals surface area contributed by atoms with E-state index in [4.69, 9.17) is 19.4 Å². The summed E-state index contributed by atoms with van der Waals surface area (Å²) in [5, 5.41) is 0. The number of carbonyl (C=O) groups is 1. The van der Waals surface area contributed by atoms with Crippen LogP contribution in [-0.4, -0.2) is 60.2 Å². The molecule has 222 valence electrons. The van der Waals surface area contributed by atoms with Crippen molar-refractivity contribution in [3.05, 3.63) is 94.6 Å². The number of aromatic nitrogens is 3. The normalized spacial score (nSPS) is 15.9. The first-order valence-corrected chi connectivity index (χ1v) is 14.7. The first-order chi connectivity index (χ1) is 20.9. The lowest BCUT2D eigenvalue weighted by Gasteiger charge is -2.36. The lowest BCUT2D eigenvalue weighted by atomic mass is 9.88. The van der Waals surface area contributed by atoms with Gasteiger partial charge < -0.3 is 14.4 Å². The summed E-state index contributed by atoms with van der Waals surface area (Å²) in [4.78, 5) is 34.2. The summed E-state index contributed by atoms with van der Waals surface area (Å²) in [7, 11) is 5.51. The number of hydrogen-bond donors (Lipinski definition) is 0. The van der Waals surface area contributed by atoms with E-state index in [2.05, 4.69) is 35.1 Å². The fourth-order valence-corrected chi connectivity index (χ4v) is 6.22. The lowest BCUT2D eigenvalue weighted by Crippen LogP contribution is -2.46. The van der Waals surface area contributed by atoms with E-state index in [-0.39, 0.29) is 6.03 Å². The second-order valence-electron chi connectivity index (χ2n) is 11.5. The highest BCUT2D eigenvalue weighted by Gasteiger charge is 2.36. The number of fused-ring (bicyclic) bond motifs is 1. The van der Waals surface area contributed by atoms with Crippen LogP contribution in [0.25, 0.3) is 0 Å². The van der Waals surface area contributed by atoms with Gasteiger partial charge in [0.1, 0.15) is 23.1 Å². The Morgan fingerprint density at radius 1 is 0.930 bits per heavy atom. The molecule has 2 aromatic heterocycles. The van der Waals surface area contributed by atoms with Crippen LogP contribution in [0.5, 0.6) is 11.5 Å². The number of piperidine rings is 1. The van der Waals surface area contributed by atoms with E-state index in [1.165, 1.54) is 5.56 Å². The van der Waals surface area contributed by atoms with Gasteiger partial charge in [-0.25, -0.2) is 24.6 Å². The van der Waals surface area contributed by atoms with E-state index in [0.29, 0.717) is 42.1 Å². The van der Waals surface area contributed by atoms with E-state index in [1.54, 1.807) is 42.3 Å². The minimum absolute atomic E-state index is 0.212. The third-order valence-corrected chi connectivity index (χ3v) is 8.57. The standard InChI is InChI=1S/C34H38N6O3/c1-22-7-6-8-23(2)32(22)39-21-26-19-35-30(37-33(26)40(34(39)41)31-12-10-27(42-4)20-36-31)18-24-9-11-28(29(17-24)43-5)25-13-15-38(3)16-14-25/h6-12,17,19-20,25H,13-16,18,21H2,1-5H3. The van der Waals surface area contributed by atoms with Crippen molar-refractivity contribution in [2.45, 2.75) is 45.6 Å². The third kappa shape index (κ3) is 5.64. The molecule has 9 heteroatoms. The van der Waals surface area contributed by atoms with E-state index in [0.717, 1.165) is 59.6 Å². The molecule has 43 heavy (non-hydrogen) atoms. The number of methoxy groups -OCH3 is 2. The molecule has 4 aromatic rings. The second-order valence-corrected chi connectivity index (χ2v) is 11.5. The number of nitrogens with zero attached hydrogens (tertiary/aromatic N) is 6. The molecular weight excluding hydrogens is 540 g/mol. The zero-order valence-corrected chi connectivity index (χ0v) is 25.5. The van der Waals surface area contributed by atoms with Gasteiger partial charge in [0.05, 0.1) is 32.6 Å². The summed E-state index contributed by atoms with van der Waals surface area (Å²) < 4.78 is 11.2. The van der Waals surface area contributed by atoms with Crippen LogP contribution in [0.1, 0.15) is 52.4 Å². The molecule has 6 rings (SSSR count). The van der Waals surface area contributed by atoms with Crippen molar-refractivity contribution in [1.82, 2.24) is 19.9 Å². The van der Waals surface area contributed by atoms with Gasteiger partial charge in [-0.15, -0.1) is 0 Å². The summed E-state index contributed by atoms with van der Waals surface area (Å²) in [5.41, 5.74) is 6.10. The van der Waals surface area contributed by atoms with Crippen LogP contribution in [0, 0.1) is 13.8 Å². The molecule has 0 unspecified atom stereocenters. The first-order valence-electron chi connectivity index (χ1n) is 14.7. The zero-order chi connectivity index (χ0) is 30.1. The van der Waals surface area contributed by atoms with Crippen LogP contribution < -0.4 is 19.3 Å². The van der Waals surface area contributed by atoms with E-state index in [9.17, 15) is 4.79 Å². The number of urea groups is 1. The number of anilines is 3. The summed E-state index contributed by atoms with van der Waals surface area (Å²) >= 11 is 0. The number of benzene rings is 2. The molecule has 1 saturated heterocycles. The molecule has 0 N–H and O–H groups in total. The molecular formula is C34H38N6O3. The van der Waals surface area contributed by atoms with Crippen LogP contribution in [0.3, 0.4) is 0 Å². The smallest absolute Gasteiger partial charge is 0.336 e. The fraction of sp³-hybridized carbons (Fsp3) is 0.353. The number of pyridine rings is 1. The number of para-hydroxylation sites is 1. The van der Waals surface area contributed by atoms with Crippen molar-refractivity contribution in [3.63, 3.8) is 0 Å². The number of amides is 2. The topological polar surface area (TPSA) is 83.9 Å². The Morgan fingerprint density at radius 3 is 2.37 bits per heavy atom. The Hall–Kier alpha value is -4.50. The van der Waals surface area contributed by atoms with Crippen molar-refractivity contribution in [1.29, 1.82) is 0 Å². The van der Waals surface area contributed by atoms with Gasteiger partial charge in [0.2, 0.25) is 0 Å². The Kier molecular flexibility index (Phi) is 7.99. The average molecular weight is 579 g/mol. The fourth-order valence-electron chi connectivity index (χ4n) is 6.22. The maximum Gasteiger partial charge on any atom is 0.336 e. The van der Waals surface area contributed by atoms with Crippen molar-refractivity contribution >= 4 is 23.4 Å². The predicted molar refractivity (Wildman–Crippen MR) is 168 cm³/mol. The van der Waals surface area contributed by atoms with Gasteiger partial charge in [-0.2, -0.15) is 0 Å². The lowest BCUT2D eigenvalue weighted by molar-refractivity contribution is 0.252. The van der Waals surface area contributed by atoms with Crippen LogP contribution >= 0.6 is 0 Å². The SMILES string of the molecule is COc1ccc(N2C(=O)N(c3c(C)cccc3C)Cc3cnc(Cc4ccc(C5CCN(C)CC5)c(OC)c4)nc32)nc1. The molecule has 9 nitrogen and oxygen atoms in total. The van der Waals surface area contributed by atoms with E-state index in [1.807, 2.05) is 38.2 Å². The summed E-state index contributed by atoms with van der Waals surface area (Å²) in [6.45, 7) is 6.60. The molecule has 0 atom stereocenters. The molecule has 0 spiro atoms. The minimum atomic E-state index is -0.212. The van der Waals surface area contributed by atoms with Gasteiger partial charge in [0.15, 0.2) is 5.82 Å². The molecule has 2 aliphatic heterocycles. The first kappa shape index (κ1) is 28.6. The third-order valence-electron chi connectivity index (χ3n) is 8.57. The largest absolute Gasteiger partial charge is 0.496 e. The number of rotatable bonds is 7.